The van der Waals surface area contributed by atoms with Gasteiger partial charge in [-0.15, -0.1) is 0 Å². The molecule has 0 heterocycles. The van der Waals surface area contributed by atoms with Crippen molar-refractivity contribution in [3.8, 4) is 0 Å². The van der Waals surface area contributed by atoms with Crippen LogP contribution < -0.4 is 0 Å². The van der Waals surface area contributed by atoms with E-state index in [0.29, 0.717) is 0 Å². The predicted molar refractivity (Wildman–Crippen MR) is 89.3 cm³/mol. The van der Waals surface area contributed by atoms with E-state index < -0.39 is 33.2 Å². The van der Waals surface area contributed by atoms with Gasteiger partial charge < -0.3 is 9.47 Å². The summed E-state index contributed by atoms with van der Waals surface area (Å²) in [7, 11) is 0. The lowest BCUT2D eigenvalue weighted by Gasteiger charge is -2.09. The van der Waals surface area contributed by atoms with Crippen LogP contribution in [0.4, 0.5) is 11.4 Å². The van der Waals surface area contributed by atoms with Gasteiger partial charge in [0.2, 0.25) is 0 Å². The SMILES string of the molecule is Cc1c(COC(=O)CCC(=O)OCC(C)C)cc([N+](=O)[O-])cc1[N+](=O)[O-]. The maximum absolute atomic E-state index is 11.7. The van der Waals surface area contributed by atoms with E-state index >= 15 is 0 Å². The minimum absolute atomic E-state index is 0.153. The molecule has 0 saturated heterocycles. The molecule has 0 spiro atoms. The highest BCUT2D eigenvalue weighted by molar-refractivity contribution is 5.77. The topological polar surface area (TPSA) is 139 Å². The molecule has 0 aliphatic heterocycles. The molecule has 0 saturated carbocycles. The second-order valence-electron chi connectivity index (χ2n) is 6.00. The highest BCUT2D eigenvalue weighted by Gasteiger charge is 2.22. The van der Waals surface area contributed by atoms with Crippen molar-refractivity contribution < 1.29 is 28.9 Å². The molecule has 0 bridgehead atoms. The fourth-order valence-electron chi connectivity index (χ4n) is 1.95. The zero-order chi connectivity index (χ0) is 19.9. The molecule has 1 rings (SSSR count). The first kappa shape index (κ1) is 21.0. The van der Waals surface area contributed by atoms with E-state index in [1.807, 2.05) is 13.8 Å². The fourth-order valence-corrected chi connectivity index (χ4v) is 1.95. The largest absolute Gasteiger partial charge is 0.465 e. The lowest BCUT2D eigenvalue weighted by molar-refractivity contribution is -0.394. The van der Waals surface area contributed by atoms with Crippen molar-refractivity contribution in [1.82, 2.24) is 0 Å². The third-order valence-corrected chi connectivity index (χ3v) is 3.38. The van der Waals surface area contributed by atoms with E-state index in [2.05, 4.69) is 0 Å². The number of carbonyl (C=O) groups is 2. The molecule has 1 aromatic carbocycles. The molecule has 0 unspecified atom stereocenters. The van der Waals surface area contributed by atoms with Crippen molar-refractivity contribution in [2.75, 3.05) is 6.61 Å². The summed E-state index contributed by atoms with van der Waals surface area (Å²) in [5.41, 5.74) is -0.570. The molecule has 0 aromatic heterocycles. The lowest BCUT2D eigenvalue weighted by atomic mass is 10.1. The molecule has 0 radical (unpaired) electrons. The second kappa shape index (κ2) is 9.44. The van der Waals surface area contributed by atoms with Crippen molar-refractivity contribution in [3.63, 3.8) is 0 Å². The van der Waals surface area contributed by atoms with Crippen molar-refractivity contribution in [2.45, 2.75) is 40.2 Å². The van der Waals surface area contributed by atoms with E-state index in [4.69, 9.17) is 9.47 Å². The zero-order valence-electron chi connectivity index (χ0n) is 14.7. The number of hydrogen-bond acceptors (Lipinski definition) is 8. The first-order chi connectivity index (χ1) is 12.1. The maximum atomic E-state index is 11.7. The molecular formula is C16H20N2O8. The molecule has 0 amide bonds. The Hall–Kier alpha value is -3.04. The molecule has 0 atom stereocenters. The molecule has 10 heteroatoms. The van der Waals surface area contributed by atoms with E-state index in [1.165, 1.54) is 6.92 Å². The number of hydrogen-bond donors (Lipinski definition) is 0. The third-order valence-electron chi connectivity index (χ3n) is 3.38. The number of nitro groups is 2. The number of nitrogens with zero attached hydrogens (tertiary/aromatic N) is 2. The Morgan fingerprint density at radius 3 is 2.12 bits per heavy atom. The maximum Gasteiger partial charge on any atom is 0.306 e. The fraction of sp³-hybridized carbons (Fsp3) is 0.500. The quantitative estimate of drug-likeness (QED) is 0.368. The van der Waals surface area contributed by atoms with Crippen LogP contribution in [0, 0.1) is 33.1 Å². The second-order valence-corrected chi connectivity index (χ2v) is 6.00. The van der Waals surface area contributed by atoms with Crippen molar-refractivity contribution in [3.05, 3.63) is 43.5 Å². The standard InChI is InChI=1S/C16H20N2O8/c1-10(2)8-25-15(19)4-5-16(20)26-9-12-6-13(17(21)22)7-14(11(12)3)18(23)24/h6-7,10H,4-5,8-9H2,1-3H3. The zero-order valence-corrected chi connectivity index (χ0v) is 14.7. The lowest BCUT2D eigenvalue weighted by Crippen LogP contribution is -2.13. The number of nitro benzene ring substituents is 2. The Bertz CT molecular complexity index is 714. The highest BCUT2D eigenvalue weighted by Crippen LogP contribution is 2.28. The number of ether oxygens (including phenoxy) is 2. The monoisotopic (exact) mass is 368 g/mol. The Morgan fingerprint density at radius 2 is 1.62 bits per heavy atom. The molecular weight excluding hydrogens is 348 g/mol. The minimum Gasteiger partial charge on any atom is -0.465 e. The predicted octanol–water partition coefficient (Wildman–Crippen LogP) is 2.83. The molecule has 1 aromatic rings. The molecule has 0 aliphatic rings. The smallest absolute Gasteiger partial charge is 0.306 e. The Labute approximate surface area is 149 Å². The first-order valence-corrected chi connectivity index (χ1v) is 7.85. The van der Waals surface area contributed by atoms with Gasteiger partial charge in [-0.05, 0) is 12.8 Å². The van der Waals surface area contributed by atoms with Gasteiger partial charge in [-0.25, -0.2) is 0 Å². The average molecular weight is 368 g/mol. The van der Waals surface area contributed by atoms with Crippen molar-refractivity contribution >= 4 is 23.3 Å². The van der Waals surface area contributed by atoms with Gasteiger partial charge in [0.1, 0.15) is 6.61 Å². The van der Waals surface area contributed by atoms with Gasteiger partial charge in [0, 0.05) is 17.2 Å². The van der Waals surface area contributed by atoms with Gasteiger partial charge >= 0.3 is 11.9 Å². The van der Waals surface area contributed by atoms with Crippen LogP contribution in [-0.4, -0.2) is 28.4 Å². The highest BCUT2D eigenvalue weighted by atomic mass is 16.6. The van der Waals surface area contributed by atoms with Crippen LogP contribution in [0.2, 0.25) is 0 Å². The van der Waals surface area contributed by atoms with Crippen LogP contribution in [0.25, 0.3) is 0 Å². The third kappa shape index (κ3) is 6.46. The van der Waals surface area contributed by atoms with Gasteiger partial charge in [-0.1, -0.05) is 13.8 Å². The van der Waals surface area contributed by atoms with Crippen LogP contribution in [0.5, 0.6) is 0 Å². The van der Waals surface area contributed by atoms with Crippen LogP contribution >= 0.6 is 0 Å². The Kier molecular flexibility index (Phi) is 7.63. The van der Waals surface area contributed by atoms with Crippen molar-refractivity contribution in [2.24, 2.45) is 5.92 Å². The Morgan fingerprint density at radius 1 is 1.04 bits per heavy atom. The normalized spacial score (nSPS) is 10.5. The van der Waals surface area contributed by atoms with Crippen molar-refractivity contribution in [1.29, 1.82) is 0 Å². The van der Waals surface area contributed by atoms with Gasteiger partial charge in [-0.2, -0.15) is 0 Å². The summed E-state index contributed by atoms with van der Waals surface area (Å²) >= 11 is 0. The number of rotatable bonds is 9. The molecule has 26 heavy (non-hydrogen) atoms. The Balaban J connectivity index is 2.69. The summed E-state index contributed by atoms with van der Waals surface area (Å²) in [5.74, 6) is -1.06. The molecule has 0 N–H and O–H groups in total. The average Bonchev–Trinajstić information content (AvgIpc) is 2.56. The van der Waals surface area contributed by atoms with Crippen LogP contribution in [0.3, 0.4) is 0 Å². The molecule has 10 nitrogen and oxygen atoms in total. The van der Waals surface area contributed by atoms with E-state index in [9.17, 15) is 29.8 Å². The van der Waals surface area contributed by atoms with E-state index in [1.54, 1.807) is 0 Å². The van der Waals surface area contributed by atoms with Gasteiger partial charge in [-0.3, -0.25) is 29.8 Å². The summed E-state index contributed by atoms with van der Waals surface area (Å²) < 4.78 is 9.89. The molecule has 0 aliphatic carbocycles. The summed E-state index contributed by atoms with van der Waals surface area (Å²) in [6, 6.07) is 1.97. The molecule has 0 fully saturated rings. The summed E-state index contributed by atoms with van der Waals surface area (Å²) in [5, 5.41) is 21.9. The van der Waals surface area contributed by atoms with Crippen LogP contribution in [0.1, 0.15) is 37.8 Å². The number of esters is 2. The van der Waals surface area contributed by atoms with Gasteiger partial charge in [0.25, 0.3) is 11.4 Å². The minimum atomic E-state index is -0.761. The molecule has 142 valence electrons. The number of non-ortho nitro benzene ring substituents is 1. The first-order valence-electron chi connectivity index (χ1n) is 7.85. The van der Waals surface area contributed by atoms with Crippen LogP contribution in [-0.2, 0) is 25.7 Å². The summed E-state index contributed by atoms with van der Waals surface area (Å²) in [6.07, 6.45) is -0.368. The van der Waals surface area contributed by atoms with Crippen LogP contribution in [0.15, 0.2) is 12.1 Å². The summed E-state index contributed by atoms with van der Waals surface area (Å²) in [6.45, 7) is 5.05. The number of benzene rings is 1. The summed E-state index contributed by atoms with van der Waals surface area (Å²) in [4.78, 5) is 43.5. The van der Waals surface area contributed by atoms with E-state index in [-0.39, 0.29) is 43.1 Å². The van der Waals surface area contributed by atoms with Gasteiger partial charge in [0.05, 0.1) is 35.4 Å². The van der Waals surface area contributed by atoms with E-state index in [0.717, 1.165) is 12.1 Å². The van der Waals surface area contributed by atoms with Gasteiger partial charge in [0.15, 0.2) is 0 Å². The number of carbonyl (C=O) groups excluding carboxylic acids is 2.